The van der Waals surface area contributed by atoms with Crippen LogP contribution >= 0.6 is 0 Å². The summed E-state index contributed by atoms with van der Waals surface area (Å²) in [5, 5.41) is 0. The Bertz CT molecular complexity index is 455. The molecule has 0 rings (SSSR count). The standard InChI is InChI=1S/3C2H6O4S.K.H2O/c3*1-2-6-7(3,4)5;;/h3*2H2,1H3,(H,3,4,5);;1H2/q;;;+1;/p-1. The molecule has 0 aromatic carbocycles. The first-order chi connectivity index (χ1) is 9.18. The Morgan fingerprint density at radius 3 is 0.957 bits per heavy atom. The summed E-state index contributed by atoms with van der Waals surface area (Å²) >= 11 is 0. The van der Waals surface area contributed by atoms with Gasteiger partial charge < -0.3 is 10.0 Å². The van der Waals surface area contributed by atoms with Gasteiger partial charge in [0.15, 0.2) is 0 Å². The Hall–Kier alpha value is 1.21. The quantitative estimate of drug-likeness (QED) is 0.228. The summed E-state index contributed by atoms with van der Waals surface area (Å²) < 4.78 is 93.3. The zero-order valence-electron chi connectivity index (χ0n) is 12.8. The van der Waals surface area contributed by atoms with Gasteiger partial charge in [-0.15, -0.1) is 0 Å². The second-order valence-corrected chi connectivity index (χ2v) is 5.72. The second kappa shape index (κ2) is 18.0. The summed E-state index contributed by atoms with van der Waals surface area (Å²) in [5.74, 6) is 0. The molecule has 4 N–H and O–H groups in total. The average Bonchev–Trinajstić information content (AvgIpc) is 2.12. The van der Waals surface area contributed by atoms with E-state index >= 15 is 0 Å². The smallest absolute Gasteiger partial charge is 0.726 e. The molecule has 0 heterocycles. The fourth-order valence-corrected chi connectivity index (χ4v) is 1.33. The molecule has 0 aliphatic rings. The molecular weight excluding hydrogens is 415 g/mol. The summed E-state index contributed by atoms with van der Waals surface area (Å²) in [6.45, 7) is 4.21. The van der Waals surface area contributed by atoms with Crippen LogP contribution in [0.4, 0.5) is 0 Å². The molecule has 0 aliphatic carbocycles. The van der Waals surface area contributed by atoms with Crippen LogP contribution in [-0.4, -0.2) is 64.2 Å². The largest absolute Gasteiger partial charge is 1.00 e. The molecule has 140 valence electrons. The maximum absolute atomic E-state index is 9.56. The van der Waals surface area contributed by atoms with Crippen LogP contribution in [0, 0.1) is 0 Å². The minimum Gasteiger partial charge on any atom is -0.726 e. The van der Waals surface area contributed by atoms with Crippen molar-refractivity contribution in [2.24, 2.45) is 0 Å². The van der Waals surface area contributed by atoms with Crippen LogP contribution in [-0.2, 0) is 43.7 Å². The van der Waals surface area contributed by atoms with Gasteiger partial charge >= 0.3 is 72.2 Å². The van der Waals surface area contributed by atoms with E-state index in [1.165, 1.54) is 20.8 Å². The zero-order chi connectivity index (χ0) is 17.7. The van der Waals surface area contributed by atoms with Gasteiger partial charge in [0, 0.05) is 0 Å². The SMILES string of the molecule is CCOS(=O)(=O)O.CCOS(=O)(=O)O.CCOS(=O)(=O)[O-].O.[K+]. The molecule has 0 radical (unpaired) electrons. The molecular formula is C6H19KO13S3. The summed E-state index contributed by atoms with van der Waals surface area (Å²) in [6, 6.07) is 0. The van der Waals surface area contributed by atoms with Gasteiger partial charge in [0.25, 0.3) is 0 Å². The molecule has 0 saturated heterocycles. The van der Waals surface area contributed by atoms with Gasteiger partial charge in [-0.3, -0.25) is 13.3 Å². The van der Waals surface area contributed by atoms with Gasteiger partial charge in [0.05, 0.1) is 19.8 Å². The van der Waals surface area contributed by atoms with Crippen LogP contribution in [0.1, 0.15) is 20.8 Å². The van der Waals surface area contributed by atoms with Crippen LogP contribution < -0.4 is 51.4 Å². The molecule has 0 amide bonds. The van der Waals surface area contributed by atoms with E-state index in [0.717, 1.165) is 0 Å². The Kier molecular flexibility index (Phi) is 27.7. The number of hydrogen-bond donors (Lipinski definition) is 2. The monoisotopic (exact) mass is 434 g/mol. The van der Waals surface area contributed by atoms with E-state index in [0.29, 0.717) is 0 Å². The molecule has 0 atom stereocenters. The van der Waals surface area contributed by atoms with E-state index in [1.54, 1.807) is 0 Å². The van der Waals surface area contributed by atoms with Gasteiger partial charge in [-0.05, 0) is 20.8 Å². The van der Waals surface area contributed by atoms with Gasteiger partial charge in [-0.1, -0.05) is 0 Å². The van der Waals surface area contributed by atoms with Crippen molar-refractivity contribution in [2.45, 2.75) is 20.8 Å². The third-order valence-electron chi connectivity index (χ3n) is 0.796. The third-order valence-corrected chi connectivity index (χ3v) is 2.39. The molecule has 0 fully saturated rings. The average molecular weight is 435 g/mol. The van der Waals surface area contributed by atoms with E-state index in [9.17, 15) is 29.8 Å². The minimum absolute atomic E-state index is 0. The van der Waals surface area contributed by atoms with Crippen molar-refractivity contribution in [1.29, 1.82) is 0 Å². The van der Waals surface area contributed by atoms with Gasteiger partial charge in [-0.25, -0.2) is 16.8 Å². The van der Waals surface area contributed by atoms with E-state index in [2.05, 4.69) is 12.5 Å². The first kappa shape index (κ1) is 35.3. The van der Waals surface area contributed by atoms with Gasteiger partial charge in [-0.2, -0.15) is 16.8 Å². The van der Waals surface area contributed by atoms with Gasteiger partial charge in [0.2, 0.25) is 10.4 Å². The van der Waals surface area contributed by atoms with Crippen LogP contribution in [0.25, 0.3) is 0 Å². The summed E-state index contributed by atoms with van der Waals surface area (Å²) in [6.07, 6.45) is 0. The third kappa shape index (κ3) is 59.8. The maximum Gasteiger partial charge on any atom is 1.00 e. The van der Waals surface area contributed by atoms with Crippen molar-refractivity contribution in [3.8, 4) is 0 Å². The minimum atomic E-state index is -4.42. The van der Waals surface area contributed by atoms with Crippen LogP contribution in [0.15, 0.2) is 0 Å². The van der Waals surface area contributed by atoms with E-state index in [-0.39, 0.29) is 76.7 Å². The van der Waals surface area contributed by atoms with E-state index < -0.39 is 31.2 Å². The van der Waals surface area contributed by atoms with E-state index in [4.69, 9.17) is 9.11 Å². The number of hydrogen-bond acceptors (Lipinski definition) is 10. The van der Waals surface area contributed by atoms with Crippen molar-refractivity contribution < 1.29 is 108 Å². The van der Waals surface area contributed by atoms with Crippen molar-refractivity contribution in [2.75, 3.05) is 19.8 Å². The summed E-state index contributed by atoms with van der Waals surface area (Å²) in [4.78, 5) is 0. The van der Waals surface area contributed by atoms with Crippen LogP contribution in [0.2, 0.25) is 0 Å². The molecule has 0 bridgehead atoms. The Balaban J connectivity index is -0.0000000675. The second-order valence-electron chi connectivity index (χ2n) is 2.48. The first-order valence-electron chi connectivity index (χ1n) is 5.02. The zero-order valence-corrected chi connectivity index (χ0v) is 18.4. The molecule has 0 aromatic heterocycles. The molecule has 0 aliphatic heterocycles. The maximum atomic E-state index is 9.56. The molecule has 17 heteroatoms. The van der Waals surface area contributed by atoms with Crippen LogP contribution in [0.3, 0.4) is 0 Å². The van der Waals surface area contributed by atoms with Crippen LogP contribution in [0.5, 0.6) is 0 Å². The van der Waals surface area contributed by atoms with E-state index in [1.807, 2.05) is 0 Å². The summed E-state index contributed by atoms with van der Waals surface area (Å²) in [7, 11) is -12.8. The molecule has 0 saturated carbocycles. The Morgan fingerprint density at radius 2 is 0.957 bits per heavy atom. The molecule has 0 unspecified atom stereocenters. The van der Waals surface area contributed by atoms with Crippen molar-refractivity contribution in [1.82, 2.24) is 0 Å². The fraction of sp³-hybridized carbons (Fsp3) is 1.00. The number of rotatable bonds is 6. The fourth-order valence-electron chi connectivity index (χ4n) is 0.442. The molecule has 23 heavy (non-hydrogen) atoms. The first-order valence-corrected chi connectivity index (χ1v) is 9.08. The normalized spacial score (nSPS) is 10.7. The molecule has 0 aromatic rings. The van der Waals surface area contributed by atoms with Gasteiger partial charge in [0.1, 0.15) is 0 Å². The molecule has 13 nitrogen and oxygen atoms in total. The van der Waals surface area contributed by atoms with Crippen molar-refractivity contribution in [3.05, 3.63) is 0 Å². The predicted molar refractivity (Wildman–Crippen MR) is 71.3 cm³/mol. The predicted octanol–water partition coefficient (Wildman–Crippen LogP) is -4.69. The summed E-state index contributed by atoms with van der Waals surface area (Å²) in [5.41, 5.74) is 0. The van der Waals surface area contributed by atoms with Crippen molar-refractivity contribution >= 4 is 31.2 Å². The topological polar surface area (TPSA) is 225 Å². The molecule has 0 spiro atoms. The Morgan fingerprint density at radius 1 is 0.739 bits per heavy atom. The van der Waals surface area contributed by atoms with Crippen molar-refractivity contribution in [3.63, 3.8) is 0 Å². The Labute approximate surface area is 178 Å².